The average molecular weight is 224 g/mol. The fourth-order valence-corrected chi connectivity index (χ4v) is 6.51. The van der Waals surface area contributed by atoms with Crippen molar-refractivity contribution in [1.29, 1.82) is 0 Å². The van der Waals surface area contributed by atoms with Crippen molar-refractivity contribution in [2.75, 3.05) is 0 Å². The summed E-state index contributed by atoms with van der Waals surface area (Å²) in [5, 5.41) is 4.46. The quantitative estimate of drug-likeness (QED) is 0.736. The van der Waals surface area contributed by atoms with E-state index in [1.54, 1.807) is 0 Å². The second-order valence-electron chi connectivity index (χ2n) is 4.98. The lowest BCUT2D eigenvalue weighted by atomic mass is 10.4. The Labute approximate surface area is 90.2 Å². The Balaban J connectivity index is 2.08. The molecule has 1 aromatic rings. The zero-order chi connectivity index (χ0) is 10.6. The molecule has 2 fully saturated rings. The zero-order valence-corrected chi connectivity index (χ0v) is 10.2. The van der Waals surface area contributed by atoms with Crippen LogP contribution in [0.5, 0.6) is 0 Å². The molecule has 4 heteroatoms. The Morgan fingerprint density at radius 2 is 1.87 bits per heavy atom. The summed E-state index contributed by atoms with van der Waals surface area (Å²) in [6.07, 6.45) is 6.62. The zero-order valence-electron chi connectivity index (χ0n) is 9.31. The van der Waals surface area contributed by atoms with Crippen molar-refractivity contribution in [3.8, 4) is 0 Å². The van der Waals surface area contributed by atoms with Crippen molar-refractivity contribution < 1.29 is 4.57 Å². The van der Waals surface area contributed by atoms with Gasteiger partial charge in [-0.1, -0.05) is 0 Å². The van der Waals surface area contributed by atoms with E-state index in [1.165, 1.54) is 0 Å². The van der Waals surface area contributed by atoms with Crippen LogP contribution in [0.2, 0.25) is 0 Å². The van der Waals surface area contributed by atoms with E-state index in [2.05, 4.69) is 5.10 Å². The fourth-order valence-electron chi connectivity index (χ4n) is 2.50. The molecule has 1 heterocycles. The van der Waals surface area contributed by atoms with Crippen molar-refractivity contribution in [3.63, 3.8) is 0 Å². The Hall–Kier alpha value is -0.560. The van der Waals surface area contributed by atoms with E-state index >= 15 is 0 Å². The van der Waals surface area contributed by atoms with Crippen molar-refractivity contribution in [2.45, 2.75) is 43.9 Å². The van der Waals surface area contributed by atoms with Crippen LogP contribution in [0.4, 0.5) is 0 Å². The minimum absolute atomic E-state index is 0.471. The molecule has 3 nitrogen and oxygen atoms in total. The molecule has 0 aromatic carbocycles. The molecule has 0 bridgehead atoms. The maximum Gasteiger partial charge on any atom is 0.141 e. The Morgan fingerprint density at radius 3 is 2.20 bits per heavy atom. The van der Waals surface area contributed by atoms with Crippen LogP contribution in [0.15, 0.2) is 6.20 Å². The van der Waals surface area contributed by atoms with Gasteiger partial charge in [-0.3, -0.25) is 4.68 Å². The van der Waals surface area contributed by atoms with Gasteiger partial charge < -0.3 is 4.57 Å². The van der Waals surface area contributed by atoms with Gasteiger partial charge in [0.15, 0.2) is 0 Å². The van der Waals surface area contributed by atoms with Gasteiger partial charge in [-0.05, 0) is 38.2 Å². The molecule has 0 amide bonds. The van der Waals surface area contributed by atoms with Gasteiger partial charge in [0.2, 0.25) is 0 Å². The van der Waals surface area contributed by atoms with Gasteiger partial charge in [0.05, 0.1) is 0 Å². The van der Waals surface area contributed by atoms with Gasteiger partial charge in [-0.25, -0.2) is 0 Å². The smallest absolute Gasteiger partial charge is 0.141 e. The number of aromatic nitrogens is 2. The molecule has 0 N–H and O–H groups in total. The number of aryl methyl sites for hydroxylation is 2. The molecular formula is C11H17N2OP. The standard InChI is InChI=1S/C11H17N2OP/c1-8-7-13(2)12-11(8)15(14,9-3-4-9)10-5-6-10/h7,9-10H,3-6H2,1-2H3. The van der Waals surface area contributed by atoms with E-state index in [9.17, 15) is 4.57 Å². The van der Waals surface area contributed by atoms with Crippen LogP contribution in [0.3, 0.4) is 0 Å². The van der Waals surface area contributed by atoms with Crippen LogP contribution in [0.1, 0.15) is 31.2 Å². The van der Waals surface area contributed by atoms with Gasteiger partial charge in [0.1, 0.15) is 12.6 Å². The molecular weight excluding hydrogens is 207 g/mol. The lowest BCUT2D eigenvalue weighted by Crippen LogP contribution is -2.16. The molecule has 2 saturated carbocycles. The minimum Gasteiger partial charge on any atom is -0.316 e. The highest BCUT2D eigenvalue weighted by molar-refractivity contribution is 7.73. The molecule has 0 spiro atoms. The Kier molecular flexibility index (Phi) is 1.91. The van der Waals surface area contributed by atoms with E-state index in [0.29, 0.717) is 11.3 Å². The first kappa shape index (κ1) is 9.65. The molecule has 0 atom stereocenters. The summed E-state index contributed by atoms with van der Waals surface area (Å²) in [5.41, 5.74) is 3.01. The first-order valence-electron chi connectivity index (χ1n) is 5.72. The molecule has 82 valence electrons. The number of nitrogens with zero attached hydrogens (tertiary/aromatic N) is 2. The van der Waals surface area contributed by atoms with Gasteiger partial charge in [0.25, 0.3) is 0 Å². The number of hydrogen-bond acceptors (Lipinski definition) is 2. The maximum absolute atomic E-state index is 13.1. The lowest BCUT2D eigenvalue weighted by molar-refractivity contribution is 0.578. The third-order valence-electron chi connectivity index (χ3n) is 3.50. The highest BCUT2D eigenvalue weighted by Gasteiger charge is 2.53. The van der Waals surface area contributed by atoms with Crippen LogP contribution in [0.25, 0.3) is 0 Å². The topological polar surface area (TPSA) is 34.9 Å². The molecule has 2 aliphatic carbocycles. The van der Waals surface area contributed by atoms with Crippen LogP contribution in [-0.2, 0) is 11.6 Å². The van der Waals surface area contributed by atoms with Crippen LogP contribution in [-0.4, -0.2) is 21.1 Å². The lowest BCUT2D eigenvalue weighted by Gasteiger charge is -2.15. The molecule has 0 saturated heterocycles. The van der Waals surface area contributed by atoms with Gasteiger partial charge in [0, 0.05) is 24.6 Å². The highest BCUT2D eigenvalue weighted by atomic mass is 31.2. The van der Waals surface area contributed by atoms with Gasteiger partial charge >= 0.3 is 0 Å². The summed E-state index contributed by atoms with van der Waals surface area (Å²) < 4.78 is 14.9. The van der Waals surface area contributed by atoms with E-state index in [4.69, 9.17) is 0 Å². The average Bonchev–Trinajstić information content (AvgIpc) is 3.01. The predicted octanol–water partition coefficient (Wildman–Crippen LogP) is 2.04. The molecule has 15 heavy (non-hydrogen) atoms. The summed E-state index contributed by atoms with van der Waals surface area (Å²) >= 11 is 0. The van der Waals surface area contributed by atoms with Gasteiger partial charge in [-0.15, -0.1) is 0 Å². The molecule has 0 aliphatic heterocycles. The summed E-state index contributed by atoms with van der Waals surface area (Å²) in [7, 11) is -0.225. The van der Waals surface area contributed by atoms with E-state index in [1.807, 2.05) is 24.9 Å². The molecule has 0 unspecified atom stereocenters. The monoisotopic (exact) mass is 224 g/mol. The highest BCUT2D eigenvalue weighted by Crippen LogP contribution is 2.69. The van der Waals surface area contributed by atoms with Crippen molar-refractivity contribution in [3.05, 3.63) is 11.8 Å². The van der Waals surface area contributed by atoms with Crippen molar-refractivity contribution >= 4 is 12.6 Å². The molecule has 1 aromatic heterocycles. The van der Waals surface area contributed by atoms with Gasteiger partial charge in [-0.2, -0.15) is 5.10 Å². The second-order valence-corrected chi connectivity index (χ2v) is 8.28. The minimum atomic E-state index is -2.14. The van der Waals surface area contributed by atoms with E-state index in [0.717, 1.165) is 36.7 Å². The van der Waals surface area contributed by atoms with E-state index < -0.39 is 7.14 Å². The summed E-state index contributed by atoms with van der Waals surface area (Å²) in [5.74, 6) is 0. The van der Waals surface area contributed by atoms with Crippen molar-refractivity contribution in [2.24, 2.45) is 7.05 Å². The van der Waals surface area contributed by atoms with Crippen LogP contribution < -0.4 is 5.44 Å². The third kappa shape index (κ3) is 1.40. The summed E-state index contributed by atoms with van der Waals surface area (Å²) in [6.45, 7) is 2.04. The summed E-state index contributed by atoms with van der Waals surface area (Å²) in [6, 6.07) is 0. The van der Waals surface area contributed by atoms with Crippen LogP contribution in [0, 0.1) is 6.92 Å². The number of hydrogen-bond donors (Lipinski definition) is 0. The SMILES string of the molecule is Cc1cn(C)nc1P(=O)(C1CC1)C1CC1. The predicted molar refractivity (Wildman–Crippen MR) is 61.2 cm³/mol. The fraction of sp³-hybridized carbons (Fsp3) is 0.727. The molecule has 2 aliphatic rings. The van der Waals surface area contributed by atoms with Crippen molar-refractivity contribution in [1.82, 2.24) is 9.78 Å². The van der Waals surface area contributed by atoms with Crippen LogP contribution >= 0.6 is 7.14 Å². The first-order valence-corrected chi connectivity index (χ1v) is 7.57. The second kappa shape index (κ2) is 2.98. The number of rotatable bonds is 3. The Morgan fingerprint density at radius 1 is 1.33 bits per heavy atom. The largest absolute Gasteiger partial charge is 0.316 e. The molecule has 0 radical (unpaired) electrons. The third-order valence-corrected chi connectivity index (χ3v) is 7.80. The maximum atomic E-state index is 13.1. The first-order chi connectivity index (χ1) is 7.12. The van der Waals surface area contributed by atoms with E-state index in [-0.39, 0.29) is 0 Å². The molecule has 3 rings (SSSR count). The normalized spacial score (nSPS) is 22.0. The Bertz CT molecular complexity index is 427. The summed E-state index contributed by atoms with van der Waals surface area (Å²) in [4.78, 5) is 0.